The molecule has 1 N–H and O–H groups in total. The molecule has 0 bridgehead atoms. The van der Waals surface area contributed by atoms with Gasteiger partial charge in [0.05, 0.1) is 0 Å². The van der Waals surface area contributed by atoms with Gasteiger partial charge in [-0.2, -0.15) is 0 Å². The molecule has 0 atom stereocenters. The van der Waals surface area contributed by atoms with Crippen molar-refractivity contribution >= 4 is 16.5 Å². The minimum absolute atomic E-state index is 0.928. The van der Waals surface area contributed by atoms with Crippen LogP contribution in [0, 0.1) is 18.8 Å². The summed E-state index contributed by atoms with van der Waals surface area (Å²) in [7, 11) is 0. The molecule has 1 heterocycles. The van der Waals surface area contributed by atoms with E-state index < -0.39 is 0 Å². The largest absolute Gasteiger partial charge is 0.360 e. The van der Waals surface area contributed by atoms with Crippen molar-refractivity contribution < 1.29 is 0 Å². The van der Waals surface area contributed by atoms with Crippen molar-refractivity contribution in [3.63, 3.8) is 0 Å². The van der Waals surface area contributed by atoms with Crippen LogP contribution in [0.4, 0.5) is 5.13 Å². The van der Waals surface area contributed by atoms with Crippen LogP contribution in [-0.4, -0.2) is 16.7 Å². The van der Waals surface area contributed by atoms with Crippen molar-refractivity contribution in [2.45, 2.75) is 46.0 Å². The second-order valence-corrected chi connectivity index (χ2v) is 6.15. The van der Waals surface area contributed by atoms with E-state index in [0.717, 1.165) is 28.5 Å². The SMILES string of the molecule is Cc1nnc(NCCC2CCC(C)CC2)s1. The Morgan fingerprint density at radius 2 is 2.00 bits per heavy atom. The Kier molecular flexibility index (Phi) is 4.16. The van der Waals surface area contributed by atoms with E-state index >= 15 is 0 Å². The van der Waals surface area contributed by atoms with E-state index in [9.17, 15) is 0 Å². The minimum atomic E-state index is 0.928. The molecule has 1 aliphatic rings. The first-order valence-corrected chi connectivity index (χ1v) is 7.09. The molecule has 0 saturated heterocycles. The lowest BCUT2D eigenvalue weighted by Crippen LogP contribution is -2.15. The van der Waals surface area contributed by atoms with Gasteiger partial charge in [-0.3, -0.25) is 0 Å². The lowest BCUT2D eigenvalue weighted by atomic mass is 9.81. The maximum Gasteiger partial charge on any atom is 0.205 e. The first kappa shape index (κ1) is 11.8. The number of aryl methyl sites for hydroxylation is 1. The molecule has 1 fully saturated rings. The molecule has 0 aliphatic heterocycles. The van der Waals surface area contributed by atoms with Gasteiger partial charge in [0, 0.05) is 6.54 Å². The number of anilines is 1. The fourth-order valence-electron chi connectivity index (χ4n) is 2.37. The normalized spacial score (nSPS) is 25.6. The van der Waals surface area contributed by atoms with Crippen LogP contribution < -0.4 is 5.32 Å². The number of hydrogen-bond donors (Lipinski definition) is 1. The molecule has 1 aliphatic carbocycles. The van der Waals surface area contributed by atoms with Crippen molar-refractivity contribution in [2.24, 2.45) is 11.8 Å². The van der Waals surface area contributed by atoms with Crippen molar-refractivity contribution in [1.82, 2.24) is 10.2 Å². The van der Waals surface area contributed by atoms with Gasteiger partial charge in [0.15, 0.2) is 0 Å². The smallest absolute Gasteiger partial charge is 0.205 e. The number of aromatic nitrogens is 2. The maximum atomic E-state index is 4.07. The Hall–Kier alpha value is -0.640. The second-order valence-electron chi connectivity index (χ2n) is 4.97. The van der Waals surface area contributed by atoms with Crippen LogP contribution in [0.15, 0.2) is 0 Å². The Bertz CT molecular complexity index is 316. The van der Waals surface area contributed by atoms with Gasteiger partial charge in [-0.15, -0.1) is 10.2 Å². The topological polar surface area (TPSA) is 37.8 Å². The third kappa shape index (κ3) is 3.44. The van der Waals surface area contributed by atoms with Crippen LogP contribution in [0.3, 0.4) is 0 Å². The maximum absolute atomic E-state index is 4.07. The predicted octanol–water partition coefficient (Wildman–Crippen LogP) is 3.47. The quantitative estimate of drug-likeness (QED) is 0.874. The van der Waals surface area contributed by atoms with Crippen LogP contribution in [0.5, 0.6) is 0 Å². The molecule has 1 aromatic heterocycles. The van der Waals surface area contributed by atoms with E-state index in [0.29, 0.717) is 0 Å². The van der Waals surface area contributed by atoms with Crippen LogP contribution >= 0.6 is 11.3 Å². The summed E-state index contributed by atoms with van der Waals surface area (Å²) in [6, 6.07) is 0. The van der Waals surface area contributed by atoms with E-state index in [1.54, 1.807) is 11.3 Å². The molecule has 90 valence electrons. The molecular weight excluding hydrogens is 218 g/mol. The summed E-state index contributed by atoms with van der Waals surface area (Å²) in [5.74, 6) is 1.88. The summed E-state index contributed by atoms with van der Waals surface area (Å²) in [6.45, 7) is 5.41. The highest BCUT2D eigenvalue weighted by molar-refractivity contribution is 7.15. The molecule has 2 rings (SSSR count). The van der Waals surface area contributed by atoms with Crippen molar-refractivity contribution in [3.05, 3.63) is 5.01 Å². The van der Waals surface area contributed by atoms with E-state index in [-0.39, 0.29) is 0 Å². The third-order valence-corrected chi connectivity index (χ3v) is 4.29. The van der Waals surface area contributed by atoms with Gasteiger partial charge in [-0.05, 0) is 25.2 Å². The van der Waals surface area contributed by atoms with Crippen molar-refractivity contribution in [1.29, 1.82) is 0 Å². The molecule has 3 nitrogen and oxygen atoms in total. The zero-order valence-electron chi connectivity index (χ0n) is 10.2. The number of nitrogens with one attached hydrogen (secondary N) is 1. The van der Waals surface area contributed by atoms with E-state index in [2.05, 4.69) is 22.4 Å². The van der Waals surface area contributed by atoms with Crippen LogP contribution in [0.25, 0.3) is 0 Å². The average molecular weight is 239 g/mol. The summed E-state index contributed by atoms with van der Waals surface area (Å²) in [5, 5.41) is 13.4. The number of rotatable bonds is 4. The third-order valence-electron chi connectivity index (χ3n) is 3.49. The summed E-state index contributed by atoms with van der Waals surface area (Å²) >= 11 is 1.64. The fraction of sp³-hybridized carbons (Fsp3) is 0.833. The standard InChI is InChI=1S/C12H21N3S/c1-9-3-5-11(6-4-9)7-8-13-12-15-14-10(2)16-12/h9,11H,3-8H2,1-2H3,(H,13,15). The summed E-state index contributed by atoms with van der Waals surface area (Å²) < 4.78 is 0. The summed E-state index contributed by atoms with van der Waals surface area (Å²) in [5.41, 5.74) is 0. The summed E-state index contributed by atoms with van der Waals surface area (Å²) in [6.07, 6.45) is 6.95. The van der Waals surface area contributed by atoms with Gasteiger partial charge in [0.1, 0.15) is 5.01 Å². The molecule has 0 radical (unpaired) electrons. The van der Waals surface area contributed by atoms with Gasteiger partial charge >= 0.3 is 0 Å². The van der Waals surface area contributed by atoms with Gasteiger partial charge in [0.2, 0.25) is 5.13 Å². The van der Waals surface area contributed by atoms with Crippen LogP contribution in [-0.2, 0) is 0 Å². The highest BCUT2D eigenvalue weighted by Crippen LogP contribution is 2.30. The molecule has 16 heavy (non-hydrogen) atoms. The van der Waals surface area contributed by atoms with Gasteiger partial charge in [0.25, 0.3) is 0 Å². The molecule has 1 saturated carbocycles. The molecular formula is C12H21N3S. The van der Waals surface area contributed by atoms with Gasteiger partial charge < -0.3 is 5.32 Å². The number of nitrogens with zero attached hydrogens (tertiary/aromatic N) is 2. The second kappa shape index (κ2) is 5.62. The lowest BCUT2D eigenvalue weighted by Gasteiger charge is -2.25. The highest BCUT2D eigenvalue weighted by Gasteiger charge is 2.17. The zero-order chi connectivity index (χ0) is 11.4. The Morgan fingerprint density at radius 3 is 2.62 bits per heavy atom. The predicted molar refractivity (Wildman–Crippen MR) is 68.9 cm³/mol. The molecule has 1 aromatic rings. The monoisotopic (exact) mass is 239 g/mol. The van der Waals surface area contributed by atoms with E-state index in [4.69, 9.17) is 0 Å². The van der Waals surface area contributed by atoms with Crippen molar-refractivity contribution in [3.8, 4) is 0 Å². The van der Waals surface area contributed by atoms with Gasteiger partial charge in [-0.25, -0.2) is 0 Å². The fourth-order valence-corrected chi connectivity index (χ4v) is 2.99. The Morgan fingerprint density at radius 1 is 1.25 bits per heavy atom. The van der Waals surface area contributed by atoms with Crippen molar-refractivity contribution in [2.75, 3.05) is 11.9 Å². The van der Waals surface area contributed by atoms with Crippen LogP contribution in [0.2, 0.25) is 0 Å². The Labute approximate surface area is 102 Å². The minimum Gasteiger partial charge on any atom is -0.360 e. The molecule has 0 unspecified atom stereocenters. The first-order valence-electron chi connectivity index (χ1n) is 6.28. The van der Waals surface area contributed by atoms with E-state index in [1.165, 1.54) is 32.1 Å². The number of hydrogen-bond acceptors (Lipinski definition) is 4. The zero-order valence-corrected chi connectivity index (χ0v) is 11.0. The summed E-state index contributed by atoms with van der Waals surface area (Å²) in [4.78, 5) is 0. The molecule has 0 aromatic carbocycles. The van der Waals surface area contributed by atoms with Crippen LogP contribution in [0.1, 0.15) is 44.0 Å². The lowest BCUT2D eigenvalue weighted by molar-refractivity contribution is 0.282. The highest BCUT2D eigenvalue weighted by atomic mass is 32.1. The first-order chi connectivity index (χ1) is 7.74. The van der Waals surface area contributed by atoms with E-state index in [1.807, 2.05) is 6.92 Å². The Balaban J connectivity index is 1.64. The van der Waals surface area contributed by atoms with Gasteiger partial charge in [-0.1, -0.05) is 43.9 Å². The average Bonchev–Trinajstić information content (AvgIpc) is 2.67. The molecule has 0 amide bonds. The molecule has 4 heteroatoms. The molecule has 0 spiro atoms.